The van der Waals surface area contributed by atoms with Gasteiger partial charge in [0.25, 0.3) is 5.91 Å². The maximum Gasteiger partial charge on any atom is 0.256 e. The lowest BCUT2D eigenvalue weighted by Gasteiger charge is -2.27. The Morgan fingerprint density at radius 3 is 2.94 bits per heavy atom. The molecule has 1 fully saturated rings. The highest BCUT2D eigenvalue weighted by atomic mass is 16.1. The van der Waals surface area contributed by atoms with E-state index in [9.17, 15) is 4.79 Å². The van der Waals surface area contributed by atoms with Crippen LogP contribution in [0.4, 0.5) is 28.7 Å². The highest BCUT2D eigenvalue weighted by Crippen LogP contribution is 2.34. The normalized spacial score (nSPS) is 18.7. The van der Waals surface area contributed by atoms with Crippen LogP contribution < -0.4 is 32.5 Å². The number of hydrogen-bond donors (Lipinski definition) is 5. The summed E-state index contributed by atoms with van der Waals surface area (Å²) in [5.41, 5.74) is 10.4. The number of rotatable bonds is 2. The van der Waals surface area contributed by atoms with E-state index < -0.39 is 0 Å². The fourth-order valence-corrected chi connectivity index (χ4v) is 4.56. The summed E-state index contributed by atoms with van der Waals surface area (Å²) >= 11 is 0. The predicted molar refractivity (Wildman–Crippen MR) is 125 cm³/mol. The molecule has 4 bridgehead atoms. The van der Waals surface area contributed by atoms with Crippen LogP contribution >= 0.6 is 0 Å². The smallest absolute Gasteiger partial charge is 0.256 e. The Kier molecular flexibility index (Phi) is 4.98. The van der Waals surface area contributed by atoms with Crippen LogP contribution in [0.15, 0.2) is 24.4 Å². The summed E-state index contributed by atoms with van der Waals surface area (Å²) in [4.78, 5) is 20.1. The first-order chi connectivity index (χ1) is 15.4. The number of fused-ring (bicyclic) bond motifs is 4. The van der Waals surface area contributed by atoms with Gasteiger partial charge in [0.15, 0.2) is 5.65 Å². The minimum absolute atomic E-state index is 0.180. The van der Waals surface area contributed by atoms with Gasteiger partial charge in [0.05, 0.1) is 23.3 Å². The number of anilines is 5. The quantitative estimate of drug-likeness (QED) is 0.227. The van der Waals surface area contributed by atoms with Crippen molar-refractivity contribution >= 4 is 40.3 Å². The Morgan fingerprint density at radius 1 is 1.31 bits per heavy atom. The van der Waals surface area contributed by atoms with Crippen LogP contribution in [0.2, 0.25) is 0 Å². The number of carbonyl (C=O) groups is 1. The van der Waals surface area contributed by atoms with Gasteiger partial charge >= 0.3 is 0 Å². The van der Waals surface area contributed by atoms with Crippen molar-refractivity contribution in [1.29, 1.82) is 0 Å². The van der Waals surface area contributed by atoms with Crippen LogP contribution in [-0.2, 0) is 6.54 Å². The summed E-state index contributed by atoms with van der Waals surface area (Å²) in [5, 5.41) is 15.4. The molecule has 11 heteroatoms. The summed E-state index contributed by atoms with van der Waals surface area (Å²) in [5.74, 6) is 7.14. The molecular weight excluding hydrogens is 408 g/mol. The second kappa shape index (κ2) is 7.84. The molecule has 2 aromatic heterocycles. The second-order valence-electron chi connectivity index (χ2n) is 8.36. The van der Waals surface area contributed by atoms with Gasteiger partial charge in [-0.05, 0) is 37.1 Å². The number of hydrazine groups is 1. The van der Waals surface area contributed by atoms with Crippen molar-refractivity contribution < 1.29 is 4.79 Å². The van der Waals surface area contributed by atoms with Crippen molar-refractivity contribution in [1.82, 2.24) is 24.8 Å². The van der Waals surface area contributed by atoms with Gasteiger partial charge in [-0.2, -0.15) is 9.61 Å². The maximum absolute atomic E-state index is 13.0. The molecule has 2 aliphatic heterocycles. The molecule has 11 nitrogen and oxygen atoms in total. The molecule has 2 aliphatic rings. The molecule has 0 aliphatic carbocycles. The first-order valence-electron chi connectivity index (χ1n) is 10.7. The minimum atomic E-state index is -0.180. The molecule has 5 rings (SSSR count). The molecule has 0 spiro atoms. The fraction of sp³-hybridized carbons (Fsp3) is 0.381. The van der Waals surface area contributed by atoms with Gasteiger partial charge in [0, 0.05) is 39.3 Å². The van der Waals surface area contributed by atoms with Crippen LogP contribution in [0.5, 0.6) is 0 Å². The lowest BCUT2D eigenvalue weighted by atomic mass is 10.1. The third-order valence-electron chi connectivity index (χ3n) is 6.22. The van der Waals surface area contributed by atoms with Crippen molar-refractivity contribution in [2.75, 3.05) is 48.6 Å². The maximum atomic E-state index is 13.0. The molecule has 1 aromatic carbocycles. The number of carbonyl (C=O) groups excluding carboxylic acids is 1. The van der Waals surface area contributed by atoms with Gasteiger partial charge in [0.2, 0.25) is 0 Å². The van der Waals surface area contributed by atoms with Crippen molar-refractivity contribution in [2.45, 2.75) is 25.4 Å². The molecule has 1 saturated heterocycles. The monoisotopic (exact) mass is 436 g/mol. The van der Waals surface area contributed by atoms with E-state index in [0.29, 0.717) is 40.8 Å². The number of hydrogen-bond acceptors (Lipinski definition) is 9. The Bertz CT molecular complexity index is 1190. The van der Waals surface area contributed by atoms with E-state index in [1.54, 1.807) is 24.8 Å². The average molecular weight is 437 g/mol. The molecule has 1 atom stereocenters. The summed E-state index contributed by atoms with van der Waals surface area (Å²) in [6, 6.07) is 6.14. The minimum Gasteiger partial charge on any atom is -0.395 e. The molecule has 1 unspecified atom stereocenters. The van der Waals surface area contributed by atoms with E-state index >= 15 is 0 Å². The lowest BCUT2D eigenvalue weighted by Crippen LogP contribution is -2.40. The average Bonchev–Trinajstić information content (AvgIpc) is 3.39. The van der Waals surface area contributed by atoms with Gasteiger partial charge in [-0.25, -0.2) is 10.8 Å². The zero-order valence-corrected chi connectivity index (χ0v) is 18.2. The van der Waals surface area contributed by atoms with E-state index in [2.05, 4.69) is 30.9 Å². The first kappa shape index (κ1) is 20.3. The summed E-state index contributed by atoms with van der Waals surface area (Å²) in [6.45, 7) is 2.29. The van der Waals surface area contributed by atoms with Crippen LogP contribution in [0.1, 0.15) is 28.8 Å². The molecule has 4 heterocycles. The largest absolute Gasteiger partial charge is 0.395 e. The van der Waals surface area contributed by atoms with Crippen molar-refractivity contribution in [3.8, 4) is 0 Å². The molecule has 168 valence electrons. The van der Waals surface area contributed by atoms with Gasteiger partial charge in [-0.1, -0.05) is 0 Å². The zero-order chi connectivity index (χ0) is 22.4. The van der Waals surface area contributed by atoms with Crippen LogP contribution in [0, 0.1) is 0 Å². The van der Waals surface area contributed by atoms with E-state index in [-0.39, 0.29) is 11.9 Å². The summed E-state index contributed by atoms with van der Waals surface area (Å²) in [7, 11) is 3.57. The molecule has 0 radical (unpaired) electrons. The molecule has 0 saturated carbocycles. The molecule has 7 N–H and O–H groups in total. The topological polar surface area (TPSA) is 142 Å². The molecular formula is C21H28N10O. The van der Waals surface area contributed by atoms with Gasteiger partial charge in [0.1, 0.15) is 17.2 Å². The number of amides is 1. The standard InChI is InChI=1S/C21H28N10O/c1-24-18-8-17-27-15-6-12(7-16(19(15)22)29(2)23)11-30-5-3-4-13(30)9-25-21(32)14-10-26-31(18)20(14)28-17/h6-8,10,13,24H,3-5,9,11,22-23H2,1-2H3,(H,25,32)(H,27,28). The Labute approximate surface area is 185 Å². The number of benzene rings is 1. The van der Waals surface area contributed by atoms with Gasteiger partial charge in [-0.3, -0.25) is 9.69 Å². The van der Waals surface area contributed by atoms with Crippen molar-refractivity contribution in [2.24, 2.45) is 5.84 Å². The fourth-order valence-electron chi connectivity index (χ4n) is 4.56. The predicted octanol–water partition coefficient (Wildman–Crippen LogP) is 1.11. The third kappa shape index (κ3) is 3.45. The number of nitrogen functional groups attached to an aromatic ring is 1. The third-order valence-corrected chi connectivity index (χ3v) is 6.22. The first-order valence-corrected chi connectivity index (χ1v) is 10.7. The van der Waals surface area contributed by atoms with Crippen molar-refractivity contribution in [3.05, 3.63) is 35.5 Å². The Hall–Kier alpha value is -3.57. The molecule has 32 heavy (non-hydrogen) atoms. The van der Waals surface area contributed by atoms with E-state index in [0.717, 1.165) is 37.2 Å². The summed E-state index contributed by atoms with van der Waals surface area (Å²) in [6.07, 6.45) is 3.68. The Balaban J connectivity index is 1.69. The molecule has 1 amide bonds. The number of nitrogens with two attached hydrogens (primary N) is 2. The zero-order valence-electron chi connectivity index (χ0n) is 18.2. The van der Waals surface area contributed by atoms with Crippen LogP contribution in [-0.4, -0.2) is 58.6 Å². The number of nitrogens with one attached hydrogen (secondary N) is 3. The number of nitrogens with zero attached hydrogens (tertiary/aromatic N) is 5. The summed E-state index contributed by atoms with van der Waals surface area (Å²) < 4.78 is 1.62. The highest BCUT2D eigenvalue weighted by molar-refractivity contribution is 6.00. The van der Waals surface area contributed by atoms with Crippen LogP contribution in [0.3, 0.4) is 0 Å². The molecule has 3 aromatic rings. The van der Waals surface area contributed by atoms with Crippen LogP contribution in [0.25, 0.3) is 5.65 Å². The van der Waals surface area contributed by atoms with Gasteiger partial charge < -0.3 is 26.7 Å². The van der Waals surface area contributed by atoms with E-state index in [1.807, 2.05) is 18.2 Å². The van der Waals surface area contributed by atoms with E-state index in [4.69, 9.17) is 11.6 Å². The van der Waals surface area contributed by atoms with Gasteiger partial charge in [-0.15, -0.1) is 0 Å². The highest BCUT2D eigenvalue weighted by Gasteiger charge is 2.27. The van der Waals surface area contributed by atoms with Crippen molar-refractivity contribution in [3.63, 3.8) is 0 Å². The number of aromatic nitrogens is 3. The SMILES string of the molecule is CNc1cc2nc3c(cnn13)C(=O)NCC1CCCN1Cc1cc(c(N)c(N(C)N)c1)N2. The van der Waals surface area contributed by atoms with E-state index in [1.165, 1.54) is 5.01 Å². The Morgan fingerprint density at radius 2 is 2.16 bits per heavy atom. The lowest BCUT2D eigenvalue weighted by molar-refractivity contribution is 0.0941. The second-order valence-corrected chi connectivity index (χ2v) is 8.36.